The van der Waals surface area contributed by atoms with Crippen molar-refractivity contribution in [2.75, 3.05) is 33.2 Å². The van der Waals surface area contributed by atoms with Crippen LogP contribution in [0.3, 0.4) is 0 Å². The zero-order valence-corrected chi connectivity index (χ0v) is 20.9. The molecule has 0 heterocycles. The van der Waals surface area contributed by atoms with Crippen LogP contribution in [0.4, 0.5) is 5.69 Å². The van der Waals surface area contributed by atoms with Gasteiger partial charge in [-0.1, -0.05) is 45.1 Å². The van der Waals surface area contributed by atoms with E-state index in [4.69, 9.17) is 4.74 Å². The van der Waals surface area contributed by atoms with E-state index in [1.807, 2.05) is 50.3 Å². The Morgan fingerprint density at radius 1 is 1.13 bits per heavy atom. The third-order valence-electron chi connectivity index (χ3n) is 4.18. The minimum atomic E-state index is -0.0419. The molecule has 0 aliphatic rings. The van der Waals surface area contributed by atoms with Gasteiger partial charge in [-0.15, -0.1) is 0 Å². The molecule has 1 amide bonds. The van der Waals surface area contributed by atoms with Gasteiger partial charge in [0, 0.05) is 31.1 Å². The monoisotopic (exact) mass is 430 g/mol. The lowest BCUT2D eigenvalue weighted by molar-refractivity contribution is -0.112. The summed E-state index contributed by atoms with van der Waals surface area (Å²) in [4.78, 5) is 15.4. The second kappa shape index (κ2) is 19.3. The molecular weight excluding hydrogens is 388 g/mol. The number of carbonyl (C=O) groups is 1. The van der Waals surface area contributed by atoms with E-state index in [-0.39, 0.29) is 5.91 Å². The van der Waals surface area contributed by atoms with Crippen molar-refractivity contribution in [3.8, 4) is 0 Å². The number of benzene rings is 1. The van der Waals surface area contributed by atoms with E-state index in [1.165, 1.54) is 5.56 Å². The van der Waals surface area contributed by atoms with Crippen LogP contribution < -0.4 is 5.32 Å². The highest BCUT2D eigenvalue weighted by atomic mass is 16.5. The number of hydrogen-bond acceptors (Lipinski definition) is 4. The van der Waals surface area contributed by atoms with E-state index in [2.05, 4.69) is 42.5 Å². The first-order valence-electron chi connectivity index (χ1n) is 10.5. The van der Waals surface area contributed by atoms with Crippen molar-refractivity contribution in [3.63, 3.8) is 0 Å². The molecular formula is C26H42N2O3. The lowest BCUT2D eigenvalue weighted by atomic mass is 10.0. The van der Waals surface area contributed by atoms with E-state index < -0.39 is 0 Å². The summed E-state index contributed by atoms with van der Waals surface area (Å²) in [5.74, 6) is 1.38. The lowest BCUT2D eigenvalue weighted by Gasteiger charge is -2.08. The van der Waals surface area contributed by atoms with Crippen molar-refractivity contribution in [3.05, 3.63) is 65.0 Å². The van der Waals surface area contributed by atoms with Crippen LogP contribution in [0.15, 0.2) is 64.4 Å². The molecule has 0 radical (unpaired) electrons. The minimum Gasteiger partial charge on any atom is -0.497 e. The van der Waals surface area contributed by atoms with Gasteiger partial charge in [0.1, 0.15) is 5.76 Å². The molecule has 0 fully saturated rings. The minimum absolute atomic E-state index is 0.0419. The zero-order chi connectivity index (χ0) is 24.2. The van der Waals surface area contributed by atoms with Crippen LogP contribution in [0.25, 0.3) is 0 Å². The van der Waals surface area contributed by atoms with Gasteiger partial charge in [-0.05, 0) is 63.6 Å². The fourth-order valence-corrected chi connectivity index (χ4v) is 2.27. The average molecular weight is 431 g/mol. The quantitative estimate of drug-likeness (QED) is 0.220. The summed E-state index contributed by atoms with van der Waals surface area (Å²) in [7, 11) is 4.92. The molecule has 0 saturated heterocycles. The molecule has 31 heavy (non-hydrogen) atoms. The average Bonchev–Trinajstić information content (AvgIpc) is 2.76. The molecule has 0 aliphatic carbocycles. The maximum absolute atomic E-state index is 11.6. The van der Waals surface area contributed by atoms with Crippen molar-refractivity contribution in [2.45, 2.75) is 53.9 Å². The van der Waals surface area contributed by atoms with Gasteiger partial charge in [-0.2, -0.15) is 0 Å². The Hall–Kier alpha value is -2.66. The summed E-state index contributed by atoms with van der Waals surface area (Å²) >= 11 is 0. The fraction of sp³-hybridized carbons (Fsp3) is 0.462. The normalized spacial score (nSPS) is 11.6. The second-order valence-corrected chi connectivity index (χ2v) is 6.99. The molecule has 1 rings (SSSR count). The molecule has 0 atom stereocenters. The van der Waals surface area contributed by atoms with Gasteiger partial charge < -0.3 is 14.8 Å². The molecule has 5 nitrogen and oxygen atoms in total. The number of amides is 1. The topological polar surface area (TPSA) is 59.9 Å². The van der Waals surface area contributed by atoms with Crippen LogP contribution in [0, 0.1) is 0 Å². The molecule has 0 bridgehead atoms. The number of carbonyl (C=O) groups excluding carboxylic acids is 1. The van der Waals surface area contributed by atoms with Gasteiger partial charge in [-0.3, -0.25) is 9.79 Å². The number of allylic oxidation sites excluding steroid dienone is 3. The molecule has 1 aromatic rings. The Morgan fingerprint density at radius 2 is 1.68 bits per heavy atom. The van der Waals surface area contributed by atoms with Crippen LogP contribution in [0.5, 0.6) is 0 Å². The van der Waals surface area contributed by atoms with Crippen molar-refractivity contribution in [2.24, 2.45) is 4.99 Å². The first-order valence-corrected chi connectivity index (χ1v) is 10.5. The van der Waals surface area contributed by atoms with Gasteiger partial charge in [0.2, 0.25) is 0 Å². The number of anilines is 1. The maximum atomic E-state index is 11.6. The molecule has 0 aromatic heterocycles. The van der Waals surface area contributed by atoms with Gasteiger partial charge in [-0.25, -0.2) is 0 Å². The Kier molecular flexibility index (Phi) is 19.0. The molecule has 0 unspecified atom stereocenters. The van der Waals surface area contributed by atoms with Crippen LogP contribution in [-0.2, 0) is 14.3 Å². The Morgan fingerprint density at radius 3 is 2.03 bits per heavy atom. The number of nitrogens with one attached hydrogen (secondary N) is 1. The van der Waals surface area contributed by atoms with Crippen LogP contribution in [-0.4, -0.2) is 40.5 Å². The number of rotatable bonds is 8. The predicted molar refractivity (Wildman–Crippen MR) is 135 cm³/mol. The molecule has 174 valence electrons. The zero-order valence-electron chi connectivity index (χ0n) is 20.9. The van der Waals surface area contributed by atoms with Gasteiger partial charge in [0.25, 0.3) is 5.91 Å². The molecule has 1 N–H and O–H groups in total. The highest BCUT2D eigenvalue weighted by molar-refractivity contribution is 6.03. The largest absolute Gasteiger partial charge is 0.497 e. The second-order valence-electron chi connectivity index (χ2n) is 6.99. The first kappa shape index (κ1) is 30.5. The molecule has 1 aromatic carbocycles. The first-order chi connectivity index (χ1) is 14.7. The fourth-order valence-electron chi connectivity index (χ4n) is 2.27. The summed E-state index contributed by atoms with van der Waals surface area (Å²) in [6.07, 6.45) is 6.82. The van der Waals surface area contributed by atoms with Crippen LogP contribution in [0.2, 0.25) is 0 Å². The Balaban J connectivity index is 0. The van der Waals surface area contributed by atoms with E-state index in [9.17, 15) is 4.79 Å². The third kappa shape index (κ3) is 14.1. The molecule has 5 heteroatoms. The SMILES string of the molecule is C/C=C(\C)C(=O)Nc1ccc(C(C)C)cc1.C=NCC(=C/C)/C(=C\CC)OC.COC. The van der Waals surface area contributed by atoms with Gasteiger partial charge in [0.05, 0.1) is 13.7 Å². The van der Waals surface area contributed by atoms with Gasteiger partial charge >= 0.3 is 0 Å². The van der Waals surface area contributed by atoms with E-state index in [1.54, 1.807) is 34.3 Å². The molecule has 0 aliphatic heterocycles. The summed E-state index contributed by atoms with van der Waals surface area (Å²) < 4.78 is 9.45. The highest BCUT2D eigenvalue weighted by Gasteiger charge is 2.04. The van der Waals surface area contributed by atoms with E-state index in [0.29, 0.717) is 12.5 Å². The highest BCUT2D eigenvalue weighted by Crippen LogP contribution is 2.17. The number of methoxy groups -OCH3 is 2. The molecule has 0 saturated carbocycles. The number of hydrogen-bond donors (Lipinski definition) is 1. The predicted octanol–water partition coefficient (Wildman–Crippen LogP) is 6.55. The smallest absolute Gasteiger partial charge is 0.250 e. The standard InChI is InChI=1S/C14H19NO.C10H17NO.C2H6O/c1-5-11(4)14(16)15-13-8-6-12(7-9-13)10(2)3;1-5-7-10(12-4)9(6-2)8-11-3;1-3-2/h5-10H,1-4H3,(H,15,16);6-7H,3,5,8H2,1-2,4H3;1-2H3/b11-5+;9-6-,10-7+;. The molecule has 0 spiro atoms. The summed E-state index contributed by atoms with van der Waals surface area (Å²) in [6, 6.07) is 7.98. The van der Waals surface area contributed by atoms with Crippen LogP contribution in [0.1, 0.15) is 59.4 Å². The number of nitrogens with zero attached hydrogens (tertiary/aromatic N) is 1. The van der Waals surface area contributed by atoms with Gasteiger partial charge in [0.15, 0.2) is 0 Å². The Labute approximate surface area is 190 Å². The summed E-state index contributed by atoms with van der Waals surface area (Å²) in [5, 5.41) is 2.85. The van der Waals surface area contributed by atoms with E-state index in [0.717, 1.165) is 29.0 Å². The lowest BCUT2D eigenvalue weighted by Crippen LogP contribution is -2.12. The maximum Gasteiger partial charge on any atom is 0.250 e. The number of aliphatic imine (C=N–C) groups is 1. The summed E-state index contributed by atoms with van der Waals surface area (Å²) in [6.45, 7) is 16.1. The van der Waals surface area contributed by atoms with Crippen molar-refractivity contribution in [1.29, 1.82) is 0 Å². The van der Waals surface area contributed by atoms with Crippen LogP contribution >= 0.6 is 0 Å². The van der Waals surface area contributed by atoms with Crippen molar-refractivity contribution in [1.82, 2.24) is 0 Å². The van der Waals surface area contributed by atoms with Crippen molar-refractivity contribution >= 4 is 18.3 Å². The number of ether oxygens (including phenoxy) is 2. The summed E-state index contributed by atoms with van der Waals surface area (Å²) in [5.41, 5.74) is 3.94. The Bertz CT molecular complexity index is 715. The van der Waals surface area contributed by atoms with E-state index >= 15 is 0 Å². The van der Waals surface area contributed by atoms with Crippen molar-refractivity contribution < 1.29 is 14.3 Å². The third-order valence-corrected chi connectivity index (χ3v) is 4.18.